The Kier molecular flexibility index (Phi) is 7.96. The highest BCUT2D eigenvalue weighted by molar-refractivity contribution is 7.91. The number of carbonyl (C=O) groups is 1. The third kappa shape index (κ3) is 5.08. The topological polar surface area (TPSA) is 142 Å². The van der Waals surface area contributed by atoms with Gasteiger partial charge in [0.25, 0.3) is 11.5 Å². The molecule has 3 aromatic carbocycles. The van der Waals surface area contributed by atoms with Crippen molar-refractivity contribution in [3.05, 3.63) is 105 Å². The summed E-state index contributed by atoms with van der Waals surface area (Å²) in [5.74, 6) is -0.550. The summed E-state index contributed by atoms with van der Waals surface area (Å²) < 4.78 is 29.2. The van der Waals surface area contributed by atoms with E-state index < -0.39 is 32.2 Å². The molecule has 10 heteroatoms. The van der Waals surface area contributed by atoms with Crippen LogP contribution in [0.4, 0.5) is 0 Å². The van der Waals surface area contributed by atoms with Gasteiger partial charge in [0.15, 0.2) is 4.90 Å². The van der Waals surface area contributed by atoms with Crippen LogP contribution in [0.5, 0.6) is 5.88 Å². The fourth-order valence-electron chi connectivity index (χ4n) is 5.46. The maximum absolute atomic E-state index is 13.9. The predicted octanol–water partition coefficient (Wildman–Crippen LogP) is 4.91. The Hall–Kier alpha value is -4.75. The van der Waals surface area contributed by atoms with Crippen molar-refractivity contribution in [3.63, 3.8) is 0 Å². The van der Waals surface area contributed by atoms with E-state index in [0.29, 0.717) is 48.1 Å². The smallest absolute Gasteiger partial charge is 0.296 e. The van der Waals surface area contributed by atoms with E-state index in [1.165, 1.54) is 16.7 Å². The van der Waals surface area contributed by atoms with Gasteiger partial charge in [-0.1, -0.05) is 56.7 Å². The Morgan fingerprint density at radius 2 is 1.76 bits per heavy atom. The zero-order chi connectivity index (χ0) is 30.0. The Morgan fingerprint density at radius 3 is 2.45 bits per heavy atom. The standard InChI is InChI=1S/C32H30N4O5S/c1-3-5-12-28-35-31(38)29(32(39)36(28)27(4-2)22-9-6-8-20(17-22)18-33)42(40,41)23-15-13-21(14-16-23)24-10-7-11-25-26(24)19-34-30(25)37/h6-11,13-17,27,39H,3-5,12,19H2,1-2H3,(H,34,37). The number of hydrogen-bond donors (Lipinski definition) is 2. The van der Waals surface area contributed by atoms with Crippen molar-refractivity contribution in [1.82, 2.24) is 14.9 Å². The summed E-state index contributed by atoms with van der Waals surface area (Å²) in [6, 6.07) is 19.8. The number of fused-ring (bicyclic) bond motifs is 1. The van der Waals surface area contributed by atoms with Crippen LogP contribution in [0.25, 0.3) is 11.1 Å². The molecule has 0 fully saturated rings. The second-order valence-corrected chi connectivity index (χ2v) is 12.0. The van der Waals surface area contributed by atoms with Gasteiger partial charge in [-0.15, -0.1) is 0 Å². The summed E-state index contributed by atoms with van der Waals surface area (Å²) >= 11 is 0. The second-order valence-electron chi connectivity index (χ2n) is 10.2. The third-order valence-electron chi connectivity index (χ3n) is 7.58. The lowest BCUT2D eigenvalue weighted by molar-refractivity contribution is 0.0965. The second kappa shape index (κ2) is 11.6. The highest BCUT2D eigenvalue weighted by atomic mass is 32.2. The summed E-state index contributed by atoms with van der Waals surface area (Å²) in [6.45, 7) is 4.24. The van der Waals surface area contributed by atoms with Gasteiger partial charge in [0.2, 0.25) is 15.7 Å². The number of sulfone groups is 1. The zero-order valence-electron chi connectivity index (χ0n) is 23.3. The zero-order valence-corrected chi connectivity index (χ0v) is 24.1. The molecule has 1 aromatic heterocycles. The number of nitrogens with one attached hydrogen (secondary N) is 1. The van der Waals surface area contributed by atoms with Crippen LogP contribution in [0.3, 0.4) is 0 Å². The Bertz CT molecular complexity index is 1890. The first kappa shape index (κ1) is 28.8. The molecule has 1 amide bonds. The Morgan fingerprint density at radius 1 is 1.05 bits per heavy atom. The molecule has 0 bridgehead atoms. The third-order valence-corrected chi connectivity index (χ3v) is 9.37. The van der Waals surface area contributed by atoms with Gasteiger partial charge in [-0.3, -0.25) is 14.2 Å². The number of nitriles is 1. The number of nitrogens with zero attached hydrogens (tertiary/aromatic N) is 3. The maximum Gasteiger partial charge on any atom is 0.296 e. The minimum atomic E-state index is -4.48. The number of hydrogen-bond acceptors (Lipinski definition) is 7. The van der Waals surface area contributed by atoms with E-state index in [0.717, 1.165) is 17.5 Å². The normalized spacial score (nSPS) is 13.3. The molecule has 42 heavy (non-hydrogen) atoms. The van der Waals surface area contributed by atoms with E-state index in [2.05, 4.69) is 16.4 Å². The van der Waals surface area contributed by atoms with Crippen LogP contribution in [-0.2, 0) is 22.8 Å². The van der Waals surface area contributed by atoms with Crippen molar-refractivity contribution < 1.29 is 18.3 Å². The number of carbonyl (C=O) groups excluding carboxylic acids is 1. The lowest BCUT2D eigenvalue weighted by Gasteiger charge is -2.25. The largest absolute Gasteiger partial charge is 0.493 e. The number of benzene rings is 3. The molecule has 1 aliphatic rings. The van der Waals surface area contributed by atoms with E-state index in [-0.39, 0.29) is 16.6 Å². The summed E-state index contributed by atoms with van der Waals surface area (Å²) in [7, 11) is -4.48. The molecule has 214 valence electrons. The van der Waals surface area contributed by atoms with Gasteiger partial charge in [-0.2, -0.15) is 10.2 Å². The molecule has 2 heterocycles. The maximum atomic E-state index is 13.9. The van der Waals surface area contributed by atoms with Crippen LogP contribution in [0.2, 0.25) is 0 Å². The van der Waals surface area contributed by atoms with E-state index in [1.54, 1.807) is 48.5 Å². The van der Waals surface area contributed by atoms with Crippen molar-refractivity contribution >= 4 is 15.7 Å². The van der Waals surface area contributed by atoms with Gasteiger partial charge in [0.05, 0.1) is 22.6 Å². The number of amides is 1. The minimum absolute atomic E-state index is 0.155. The monoisotopic (exact) mass is 582 g/mol. The van der Waals surface area contributed by atoms with Crippen molar-refractivity contribution in [2.75, 3.05) is 0 Å². The van der Waals surface area contributed by atoms with Crippen LogP contribution >= 0.6 is 0 Å². The van der Waals surface area contributed by atoms with Crippen LogP contribution < -0.4 is 10.9 Å². The SMILES string of the molecule is CCCCc1nc(=O)c(S(=O)(=O)c2ccc(-c3cccc4c3CNC4=O)cc2)c(O)n1C(CC)c1cccc(C#N)c1. The molecule has 1 unspecified atom stereocenters. The Labute approximate surface area is 244 Å². The summed E-state index contributed by atoms with van der Waals surface area (Å²) in [5, 5.41) is 23.8. The van der Waals surface area contributed by atoms with Gasteiger partial charge >= 0.3 is 0 Å². The molecule has 5 rings (SSSR count). The molecular formula is C32H30N4O5S. The number of aromatic nitrogens is 2. The molecule has 0 spiro atoms. The van der Waals surface area contributed by atoms with E-state index in [9.17, 15) is 28.4 Å². The summed E-state index contributed by atoms with van der Waals surface area (Å²) in [5.41, 5.74) is 3.00. The quantitative estimate of drug-likeness (QED) is 0.286. The summed E-state index contributed by atoms with van der Waals surface area (Å²) in [4.78, 5) is 28.6. The average molecular weight is 583 g/mol. The van der Waals surface area contributed by atoms with Crippen LogP contribution in [-0.4, -0.2) is 29.0 Å². The van der Waals surface area contributed by atoms with Crippen molar-refractivity contribution in [3.8, 4) is 23.1 Å². The van der Waals surface area contributed by atoms with Crippen molar-refractivity contribution in [1.29, 1.82) is 5.26 Å². The average Bonchev–Trinajstić information content (AvgIpc) is 3.38. The number of aromatic hydroxyl groups is 1. The lowest BCUT2D eigenvalue weighted by Crippen LogP contribution is -2.27. The summed E-state index contributed by atoms with van der Waals surface area (Å²) in [6.07, 6.45) is 2.29. The molecular weight excluding hydrogens is 552 g/mol. The highest BCUT2D eigenvalue weighted by Gasteiger charge is 2.32. The van der Waals surface area contributed by atoms with Crippen LogP contribution in [0, 0.1) is 11.3 Å². The van der Waals surface area contributed by atoms with Crippen molar-refractivity contribution in [2.24, 2.45) is 0 Å². The first-order chi connectivity index (χ1) is 20.2. The molecule has 0 saturated carbocycles. The first-order valence-corrected chi connectivity index (χ1v) is 15.3. The minimum Gasteiger partial charge on any atom is -0.493 e. The van der Waals surface area contributed by atoms with E-state index in [1.807, 2.05) is 19.9 Å². The Balaban J connectivity index is 1.62. The molecule has 0 radical (unpaired) electrons. The molecule has 1 atom stereocenters. The first-order valence-electron chi connectivity index (χ1n) is 13.8. The molecule has 1 aliphatic heterocycles. The van der Waals surface area contributed by atoms with Gasteiger partial charge < -0.3 is 10.4 Å². The number of rotatable bonds is 9. The van der Waals surface area contributed by atoms with Crippen LogP contribution in [0.15, 0.2) is 81.3 Å². The molecule has 9 nitrogen and oxygen atoms in total. The predicted molar refractivity (Wildman–Crippen MR) is 157 cm³/mol. The van der Waals surface area contributed by atoms with Gasteiger partial charge in [0.1, 0.15) is 5.82 Å². The molecule has 0 aliphatic carbocycles. The number of aryl methyl sites for hydroxylation is 1. The van der Waals surface area contributed by atoms with Crippen LogP contribution in [0.1, 0.15) is 72.0 Å². The fourth-order valence-corrected chi connectivity index (χ4v) is 6.81. The van der Waals surface area contributed by atoms with Gasteiger partial charge in [0, 0.05) is 18.5 Å². The van der Waals surface area contributed by atoms with E-state index >= 15 is 0 Å². The number of unbranched alkanes of at least 4 members (excludes halogenated alkanes) is 1. The van der Waals surface area contributed by atoms with Gasteiger partial charge in [-0.25, -0.2) is 8.42 Å². The molecule has 2 N–H and O–H groups in total. The van der Waals surface area contributed by atoms with Gasteiger partial charge in [-0.05, 0) is 65.4 Å². The van der Waals surface area contributed by atoms with Crippen molar-refractivity contribution in [2.45, 2.75) is 61.9 Å². The fraction of sp³-hybridized carbons (Fsp3) is 0.250. The lowest BCUT2D eigenvalue weighted by atomic mass is 9.97. The highest BCUT2D eigenvalue weighted by Crippen LogP contribution is 2.35. The molecule has 0 saturated heterocycles. The van der Waals surface area contributed by atoms with E-state index in [4.69, 9.17) is 0 Å². The molecule has 4 aromatic rings.